The number of hydrogen-bond acceptors (Lipinski definition) is 1. The molecule has 0 aromatic rings. The Bertz CT molecular complexity index is 143. The van der Waals surface area contributed by atoms with Crippen molar-refractivity contribution in [3.8, 4) is 0 Å². The predicted octanol–water partition coefficient (Wildman–Crippen LogP) is 3.83. The van der Waals surface area contributed by atoms with Crippen molar-refractivity contribution in [1.29, 1.82) is 0 Å². The second-order valence-electron chi connectivity index (χ2n) is 4.78. The molecule has 0 amide bonds. The molecule has 1 aliphatic heterocycles. The van der Waals surface area contributed by atoms with E-state index in [2.05, 4.69) is 12.2 Å². The molecular weight excluding hydrogens is 189 g/mol. The second-order valence-corrected chi connectivity index (χ2v) is 4.78. The average Bonchev–Trinajstić information content (AvgIpc) is 2.30. The van der Waals surface area contributed by atoms with Gasteiger partial charge < -0.3 is 5.32 Å². The number of halogens is 1. The lowest BCUT2D eigenvalue weighted by molar-refractivity contribution is 0.202. The second kappa shape index (κ2) is 8.09. The molecule has 2 atom stereocenters. The highest BCUT2D eigenvalue weighted by atomic mass is 19.1. The molecule has 15 heavy (non-hydrogen) atoms. The quantitative estimate of drug-likeness (QED) is 0.636. The Morgan fingerprint density at radius 2 is 2.00 bits per heavy atom. The van der Waals surface area contributed by atoms with Crippen molar-refractivity contribution in [3.63, 3.8) is 0 Å². The summed E-state index contributed by atoms with van der Waals surface area (Å²) in [7, 11) is 0. The minimum atomic E-state index is -0.605. The molecule has 0 radical (unpaired) electrons. The van der Waals surface area contributed by atoms with Crippen LogP contribution in [0.3, 0.4) is 0 Å². The van der Waals surface area contributed by atoms with Crippen LogP contribution in [-0.2, 0) is 0 Å². The highest BCUT2D eigenvalue weighted by Gasteiger charge is 2.21. The zero-order valence-electron chi connectivity index (χ0n) is 10.1. The van der Waals surface area contributed by atoms with Crippen molar-refractivity contribution < 1.29 is 4.39 Å². The zero-order valence-corrected chi connectivity index (χ0v) is 10.1. The summed E-state index contributed by atoms with van der Waals surface area (Å²) in [4.78, 5) is 0. The highest BCUT2D eigenvalue weighted by molar-refractivity contribution is 4.79. The number of piperidine rings is 1. The van der Waals surface area contributed by atoms with Gasteiger partial charge in [-0.05, 0) is 25.8 Å². The number of nitrogens with one attached hydrogen (secondary N) is 1. The topological polar surface area (TPSA) is 12.0 Å². The van der Waals surface area contributed by atoms with E-state index in [0.717, 1.165) is 25.8 Å². The number of unbranched alkanes of at least 4 members (excludes halogenated alkanes) is 4. The molecule has 0 aromatic heterocycles. The van der Waals surface area contributed by atoms with E-state index in [1.807, 2.05) is 0 Å². The van der Waals surface area contributed by atoms with Crippen molar-refractivity contribution in [2.24, 2.45) is 0 Å². The largest absolute Gasteiger partial charge is 0.311 e. The Hall–Kier alpha value is -0.110. The van der Waals surface area contributed by atoms with Crippen molar-refractivity contribution >= 4 is 0 Å². The molecule has 90 valence electrons. The molecule has 1 aliphatic rings. The van der Waals surface area contributed by atoms with E-state index in [1.165, 1.54) is 38.5 Å². The Balaban J connectivity index is 1.99. The van der Waals surface area contributed by atoms with E-state index in [9.17, 15) is 4.39 Å². The molecule has 0 aliphatic carbocycles. The van der Waals surface area contributed by atoms with Crippen LogP contribution in [0.4, 0.5) is 4.39 Å². The monoisotopic (exact) mass is 215 g/mol. The molecule has 1 heterocycles. The van der Waals surface area contributed by atoms with Gasteiger partial charge in [-0.1, -0.05) is 45.4 Å². The molecule has 1 saturated heterocycles. The van der Waals surface area contributed by atoms with Crippen LogP contribution in [0.5, 0.6) is 0 Å². The lowest BCUT2D eigenvalue weighted by Gasteiger charge is -2.26. The van der Waals surface area contributed by atoms with Gasteiger partial charge >= 0.3 is 0 Å². The summed E-state index contributed by atoms with van der Waals surface area (Å²) < 4.78 is 13.7. The predicted molar refractivity (Wildman–Crippen MR) is 63.9 cm³/mol. The van der Waals surface area contributed by atoms with E-state index < -0.39 is 6.17 Å². The van der Waals surface area contributed by atoms with E-state index >= 15 is 0 Å². The fourth-order valence-electron chi connectivity index (χ4n) is 2.33. The number of alkyl halides is 1. The van der Waals surface area contributed by atoms with E-state index in [0.29, 0.717) is 0 Å². The number of hydrogen-bond donors (Lipinski definition) is 1. The maximum Gasteiger partial charge on any atom is 0.115 e. The fourth-order valence-corrected chi connectivity index (χ4v) is 2.33. The van der Waals surface area contributed by atoms with E-state index in [-0.39, 0.29) is 6.04 Å². The molecule has 0 saturated carbocycles. The fraction of sp³-hybridized carbons (Fsp3) is 1.00. The van der Waals surface area contributed by atoms with Crippen LogP contribution in [0.15, 0.2) is 0 Å². The standard InChI is InChI=1S/C13H26FN/c1-2-3-4-5-6-9-12(14)13-10-7-8-11-15-13/h12-13,15H,2-11H2,1H3. The first-order valence-corrected chi connectivity index (χ1v) is 6.72. The maximum absolute atomic E-state index is 13.7. The van der Waals surface area contributed by atoms with Crippen LogP contribution in [0.1, 0.15) is 64.7 Å². The minimum absolute atomic E-state index is 0.157. The van der Waals surface area contributed by atoms with Crippen LogP contribution in [0, 0.1) is 0 Å². The maximum atomic E-state index is 13.7. The average molecular weight is 215 g/mol. The van der Waals surface area contributed by atoms with E-state index in [1.54, 1.807) is 0 Å². The summed E-state index contributed by atoms with van der Waals surface area (Å²) in [6.45, 7) is 3.23. The molecule has 1 N–H and O–H groups in total. The third-order valence-electron chi connectivity index (χ3n) is 3.37. The van der Waals surface area contributed by atoms with Crippen LogP contribution in [0.2, 0.25) is 0 Å². The lowest BCUT2D eigenvalue weighted by Crippen LogP contribution is -2.41. The van der Waals surface area contributed by atoms with Gasteiger partial charge in [0.1, 0.15) is 6.17 Å². The molecule has 0 aromatic carbocycles. The molecule has 0 spiro atoms. The van der Waals surface area contributed by atoms with Gasteiger partial charge in [-0.3, -0.25) is 0 Å². The summed E-state index contributed by atoms with van der Waals surface area (Å²) in [5, 5.41) is 3.30. The van der Waals surface area contributed by atoms with Gasteiger partial charge in [0.2, 0.25) is 0 Å². The summed E-state index contributed by atoms with van der Waals surface area (Å²) in [5.74, 6) is 0. The van der Waals surface area contributed by atoms with Crippen LogP contribution < -0.4 is 5.32 Å². The Kier molecular flexibility index (Phi) is 6.99. The van der Waals surface area contributed by atoms with Gasteiger partial charge in [-0.2, -0.15) is 0 Å². The Morgan fingerprint density at radius 1 is 1.20 bits per heavy atom. The zero-order chi connectivity index (χ0) is 10.9. The Labute approximate surface area is 93.8 Å². The third-order valence-corrected chi connectivity index (χ3v) is 3.37. The van der Waals surface area contributed by atoms with Gasteiger partial charge in [-0.25, -0.2) is 4.39 Å². The summed E-state index contributed by atoms with van der Waals surface area (Å²) >= 11 is 0. The first-order chi connectivity index (χ1) is 7.34. The first kappa shape index (κ1) is 13.0. The smallest absolute Gasteiger partial charge is 0.115 e. The van der Waals surface area contributed by atoms with Crippen LogP contribution >= 0.6 is 0 Å². The van der Waals surface area contributed by atoms with E-state index in [4.69, 9.17) is 0 Å². The molecule has 2 heteroatoms. The van der Waals surface area contributed by atoms with Gasteiger partial charge in [0, 0.05) is 6.04 Å². The lowest BCUT2D eigenvalue weighted by atomic mass is 9.97. The van der Waals surface area contributed by atoms with Gasteiger partial charge in [0.15, 0.2) is 0 Å². The van der Waals surface area contributed by atoms with Gasteiger partial charge in [0.25, 0.3) is 0 Å². The minimum Gasteiger partial charge on any atom is -0.311 e. The first-order valence-electron chi connectivity index (χ1n) is 6.72. The molecule has 1 fully saturated rings. The molecule has 0 bridgehead atoms. The van der Waals surface area contributed by atoms with Gasteiger partial charge in [0.05, 0.1) is 0 Å². The van der Waals surface area contributed by atoms with Crippen LogP contribution in [-0.4, -0.2) is 18.8 Å². The molecule has 1 nitrogen and oxygen atoms in total. The third kappa shape index (κ3) is 5.50. The molecular formula is C13H26FN. The van der Waals surface area contributed by atoms with Crippen molar-refractivity contribution in [2.45, 2.75) is 76.9 Å². The van der Waals surface area contributed by atoms with Crippen molar-refractivity contribution in [2.75, 3.05) is 6.54 Å². The summed E-state index contributed by atoms with van der Waals surface area (Å²) in [5.41, 5.74) is 0. The normalized spacial score (nSPS) is 24.0. The van der Waals surface area contributed by atoms with Crippen molar-refractivity contribution in [3.05, 3.63) is 0 Å². The van der Waals surface area contributed by atoms with Crippen molar-refractivity contribution in [1.82, 2.24) is 5.32 Å². The highest BCUT2D eigenvalue weighted by Crippen LogP contribution is 2.18. The summed E-state index contributed by atoms with van der Waals surface area (Å²) in [6.07, 6.45) is 9.75. The van der Waals surface area contributed by atoms with Crippen LogP contribution in [0.25, 0.3) is 0 Å². The number of rotatable bonds is 7. The molecule has 1 rings (SSSR count). The SMILES string of the molecule is CCCCCCCC(F)C1CCCCN1. The summed E-state index contributed by atoms with van der Waals surface area (Å²) in [6, 6.07) is 0.157. The molecule has 2 unspecified atom stereocenters. The Morgan fingerprint density at radius 3 is 2.67 bits per heavy atom. The van der Waals surface area contributed by atoms with Gasteiger partial charge in [-0.15, -0.1) is 0 Å².